The first-order valence-electron chi connectivity index (χ1n) is 13.4. The summed E-state index contributed by atoms with van der Waals surface area (Å²) in [5, 5.41) is 9.30. The number of carbonyl (C=O) groups is 1. The van der Waals surface area contributed by atoms with Crippen LogP contribution in [0.5, 0.6) is 11.5 Å². The fraction of sp³-hybridized carbons (Fsp3) is 0.258. The van der Waals surface area contributed by atoms with Crippen LogP contribution in [0.15, 0.2) is 89.2 Å². The van der Waals surface area contributed by atoms with Gasteiger partial charge in [-0.1, -0.05) is 78.0 Å². The molecule has 5 rings (SSSR count). The van der Waals surface area contributed by atoms with Gasteiger partial charge in [-0.05, 0) is 55.7 Å². The summed E-state index contributed by atoms with van der Waals surface area (Å²) in [5.41, 5.74) is 3.93. The number of benzene rings is 3. The van der Waals surface area contributed by atoms with Crippen LogP contribution in [0.4, 0.5) is 5.95 Å². The molecule has 4 aromatic rings. The topological polar surface area (TPSA) is 87.5 Å². The molecule has 0 spiro atoms. The normalized spacial score (nSPS) is 14.3. The van der Waals surface area contributed by atoms with Crippen molar-refractivity contribution >= 4 is 35.3 Å². The first-order chi connectivity index (χ1) is 20.0. The number of nitrogens with zero attached hydrogens (tertiary/aromatic N) is 3. The molecule has 1 atom stereocenters. The zero-order chi connectivity index (χ0) is 28.8. The van der Waals surface area contributed by atoms with Crippen LogP contribution in [-0.4, -0.2) is 33.9 Å². The molecule has 1 aliphatic rings. The molecule has 1 unspecified atom stereocenters. The molecule has 8 nitrogen and oxygen atoms in total. The molecule has 0 saturated carbocycles. The third-order valence-corrected chi connectivity index (χ3v) is 7.72. The number of rotatable bonds is 11. The maximum absolute atomic E-state index is 13.2. The molecule has 0 aliphatic carbocycles. The van der Waals surface area contributed by atoms with Crippen molar-refractivity contribution in [3.05, 3.63) is 106 Å². The van der Waals surface area contributed by atoms with Crippen LogP contribution in [0.1, 0.15) is 43.5 Å². The number of allylic oxidation sites excluding steroid dienone is 1. The number of nitrogens with one attached hydrogen (secondary N) is 1. The highest BCUT2D eigenvalue weighted by molar-refractivity contribution is 7.98. The Morgan fingerprint density at radius 3 is 2.54 bits per heavy atom. The molecule has 0 fully saturated rings. The first kappa shape index (κ1) is 28.6. The number of hydrogen-bond acceptors (Lipinski definition) is 8. The van der Waals surface area contributed by atoms with Crippen molar-refractivity contribution in [3.63, 3.8) is 0 Å². The van der Waals surface area contributed by atoms with Gasteiger partial charge in [0.2, 0.25) is 11.1 Å². The largest absolute Gasteiger partial charge is 0.490 e. The van der Waals surface area contributed by atoms with Gasteiger partial charge in [-0.15, -0.1) is 5.10 Å². The Labute approximate surface area is 248 Å². The fourth-order valence-corrected chi connectivity index (χ4v) is 5.66. The minimum atomic E-state index is -0.588. The predicted molar refractivity (Wildman–Crippen MR) is 161 cm³/mol. The molecule has 1 aliphatic heterocycles. The van der Waals surface area contributed by atoms with Gasteiger partial charge < -0.3 is 19.5 Å². The quantitative estimate of drug-likeness (QED) is 0.147. The summed E-state index contributed by atoms with van der Waals surface area (Å²) in [6.07, 6.45) is 0. The Morgan fingerprint density at radius 1 is 1.00 bits per heavy atom. The molecule has 2 heterocycles. The average Bonchev–Trinajstić information content (AvgIpc) is 3.38. The Hall–Kier alpha value is -3.95. The minimum absolute atomic E-state index is 0.252. The molecule has 0 radical (unpaired) electrons. The number of anilines is 1. The van der Waals surface area contributed by atoms with Gasteiger partial charge in [-0.2, -0.15) is 4.98 Å². The van der Waals surface area contributed by atoms with E-state index < -0.39 is 12.0 Å². The number of hydrogen-bond donors (Lipinski definition) is 1. The van der Waals surface area contributed by atoms with Crippen molar-refractivity contribution in [1.29, 1.82) is 0 Å². The first-order valence-corrected chi connectivity index (χ1v) is 14.8. The zero-order valence-electron chi connectivity index (χ0n) is 23.1. The number of esters is 1. The number of halogens is 1. The monoisotopic (exact) mass is 590 g/mol. The Bertz CT molecular complexity index is 1560. The van der Waals surface area contributed by atoms with Crippen LogP contribution >= 0.6 is 23.4 Å². The standard InChI is InChI=1S/C31H31ClN4O4S/c1-4-38-26-17-22(15-16-25(26)40-18-21-11-7-6-8-12-21)28-27(29(37)39-5-2)20(3)33-30-34-31(35-36(28)30)41-19-23-13-9-10-14-24(23)32/h6-17,28H,4-5,18-19H2,1-3H3,(H,33,34,35). The molecule has 3 aromatic carbocycles. The number of aromatic nitrogens is 3. The molecule has 1 aromatic heterocycles. The third-order valence-electron chi connectivity index (χ3n) is 6.46. The van der Waals surface area contributed by atoms with Crippen molar-refractivity contribution in [2.75, 3.05) is 18.5 Å². The summed E-state index contributed by atoms with van der Waals surface area (Å²) in [6.45, 7) is 6.66. The van der Waals surface area contributed by atoms with Gasteiger partial charge in [0, 0.05) is 16.5 Å². The van der Waals surface area contributed by atoms with Gasteiger partial charge in [0.25, 0.3) is 0 Å². The molecule has 0 amide bonds. The van der Waals surface area contributed by atoms with Crippen molar-refractivity contribution in [2.45, 2.75) is 44.3 Å². The lowest BCUT2D eigenvalue weighted by Crippen LogP contribution is -2.29. The molecule has 41 heavy (non-hydrogen) atoms. The van der Waals surface area contributed by atoms with E-state index in [4.69, 9.17) is 35.9 Å². The van der Waals surface area contributed by atoms with Crippen LogP contribution < -0.4 is 14.8 Å². The van der Waals surface area contributed by atoms with Gasteiger partial charge in [0.15, 0.2) is 11.5 Å². The lowest BCUT2D eigenvalue weighted by atomic mass is 9.95. The third kappa shape index (κ3) is 6.52. The van der Waals surface area contributed by atoms with Crippen LogP contribution in [0.3, 0.4) is 0 Å². The lowest BCUT2D eigenvalue weighted by Gasteiger charge is -2.28. The Kier molecular flexibility index (Phi) is 9.16. The van der Waals surface area contributed by atoms with Gasteiger partial charge in [0.05, 0.1) is 18.8 Å². The van der Waals surface area contributed by atoms with Crippen molar-refractivity contribution in [3.8, 4) is 11.5 Å². The van der Waals surface area contributed by atoms with E-state index in [-0.39, 0.29) is 6.61 Å². The van der Waals surface area contributed by atoms with E-state index in [9.17, 15) is 4.79 Å². The van der Waals surface area contributed by atoms with Gasteiger partial charge >= 0.3 is 5.97 Å². The van der Waals surface area contributed by atoms with Crippen LogP contribution in [0.25, 0.3) is 0 Å². The maximum Gasteiger partial charge on any atom is 0.338 e. The molecule has 0 saturated heterocycles. The molecule has 1 N–H and O–H groups in total. The van der Waals surface area contributed by atoms with E-state index in [0.29, 0.717) is 57.9 Å². The summed E-state index contributed by atoms with van der Waals surface area (Å²) >= 11 is 7.83. The highest BCUT2D eigenvalue weighted by atomic mass is 35.5. The fourth-order valence-electron chi connectivity index (χ4n) is 4.55. The van der Waals surface area contributed by atoms with Gasteiger partial charge in [0.1, 0.15) is 12.6 Å². The summed E-state index contributed by atoms with van der Waals surface area (Å²) in [5.74, 6) is 1.91. The van der Waals surface area contributed by atoms with E-state index in [1.54, 1.807) is 11.6 Å². The molecule has 212 valence electrons. The van der Waals surface area contributed by atoms with E-state index in [2.05, 4.69) is 5.32 Å². The van der Waals surface area contributed by atoms with Gasteiger partial charge in [-0.3, -0.25) is 0 Å². The van der Waals surface area contributed by atoms with Crippen LogP contribution in [0, 0.1) is 0 Å². The smallest absolute Gasteiger partial charge is 0.338 e. The van der Waals surface area contributed by atoms with E-state index in [0.717, 1.165) is 16.7 Å². The van der Waals surface area contributed by atoms with Crippen molar-refractivity contribution < 1.29 is 19.0 Å². The van der Waals surface area contributed by atoms with Crippen molar-refractivity contribution in [1.82, 2.24) is 14.8 Å². The van der Waals surface area contributed by atoms with E-state index in [1.165, 1.54) is 11.8 Å². The highest BCUT2D eigenvalue weighted by Gasteiger charge is 2.35. The summed E-state index contributed by atoms with van der Waals surface area (Å²) in [4.78, 5) is 18.0. The number of thioether (sulfide) groups is 1. The summed E-state index contributed by atoms with van der Waals surface area (Å²) in [6, 6.07) is 22.7. The Morgan fingerprint density at radius 2 is 1.78 bits per heavy atom. The number of carbonyl (C=O) groups excluding carboxylic acids is 1. The second-order valence-electron chi connectivity index (χ2n) is 9.24. The van der Waals surface area contributed by atoms with E-state index in [1.807, 2.05) is 86.6 Å². The Balaban J connectivity index is 1.49. The SMILES string of the molecule is CCOC(=O)C1=C(C)Nc2nc(SCc3ccccc3Cl)nn2C1c1ccc(OCc2ccccc2)c(OCC)c1. The zero-order valence-corrected chi connectivity index (χ0v) is 24.7. The van der Waals surface area contributed by atoms with Crippen LogP contribution in [0.2, 0.25) is 5.02 Å². The number of fused-ring (bicyclic) bond motifs is 1. The molecular weight excluding hydrogens is 560 g/mol. The molecular formula is C31H31ClN4O4S. The maximum atomic E-state index is 13.2. The van der Waals surface area contributed by atoms with Crippen molar-refractivity contribution in [2.24, 2.45) is 0 Å². The summed E-state index contributed by atoms with van der Waals surface area (Å²) < 4.78 is 19.3. The summed E-state index contributed by atoms with van der Waals surface area (Å²) in [7, 11) is 0. The minimum Gasteiger partial charge on any atom is -0.490 e. The molecule has 0 bridgehead atoms. The van der Waals surface area contributed by atoms with Crippen LogP contribution in [-0.2, 0) is 21.9 Å². The lowest BCUT2D eigenvalue weighted by molar-refractivity contribution is -0.139. The predicted octanol–water partition coefficient (Wildman–Crippen LogP) is 7.05. The second kappa shape index (κ2) is 13.1. The highest BCUT2D eigenvalue weighted by Crippen LogP contribution is 2.40. The second-order valence-corrected chi connectivity index (χ2v) is 10.6. The molecule has 10 heteroatoms. The number of ether oxygens (including phenoxy) is 3. The van der Waals surface area contributed by atoms with E-state index >= 15 is 0 Å². The average molecular weight is 591 g/mol. The van der Waals surface area contributed by atoms with Gasteiger partial charge in [-0.25, -0.2) is 9.48 Å².